The van der Waals surface area contributed by atoms with E-state index < -0.39 is 33.9 Å². The second-order valence-corrected chi connectivity index (χ2v) is 5.21. The van der Waals surface area contributed by atoms with Crippen molar-refractivity contribution in [3.8, 4) is 0 Å². The van der Waals surface area contributed by atoms with Crippen LogP contribution in [0, 0.1) is 16.0 Å². The van der Waals surface area contributed by atoms with Crippen LogP contribution in [0.4, 0.5) is 11.4 Å². The summed E-state index contributed by atoms with van der Waals surface area (Å²) >= 11 is 0. The first-order valence-electron chi connectivity index (χ1n) is 6.62. The molecule has 0 saturated carbocycles. The minimum atomic E-state index is -1.72. The zero-order valence-corrected chi connectivity index (χ0v) is 12.1. The van der Waals surface area contributed by atoms with Gasteiger partial charge in [-0.15, -0.1) is 0 Å². The summed E-state index contributed by atoms with van der Waals surface area (Å²) in [6.45, 7) is 1.46. The largest absolute Gasteiger partial charge is 0.480 e. The van der Waals surface area contributed by atoms with Gasteiger partial charge in [-0.25, -0.2) is 4.79 Å². The number of nitrogens with two attached hydrogens (primary N) is 1. The molecule has 0 aromatic heterocycles. The molecule has 2 atom stereocenters. The number of benzene rings is 1. The third-order valence-electron chi connectivity index (χ3n) is 4.09. The van der Waals surface area contributed by atoms with Crippen LogP contribution in [0.1, 0.15) is 12.5 Å². The molecule has 0 bridgehead atoms. The van der Waals surface area contributed by atoms with Gasteiger partial charge in [-0.05, 0) is 11.6 Å². The number of carboxylic acids is 2. The van der Waals surface area contributed by atoms with Crippen LogP contribution in [0.25, 0.3) is 0 Å². The Labute approximate surface area is 130 Å². The van der Waals surface area contributed by atoms with Gasteiger partial charge in [0, 0.05) is 17.6 Å². The maximum Gasteiger partial charge on any atom is 0.331 e. The Hall–Kier alpha value is -3.16. The summed E-state index contributed by atoms with van der Waals surface area (Å²) in [4.78, 5) is 33.6. The molecular formula is C15H14N2O6. The van der Waals surface area contributed by atoms with Crippen molar-refractivity contribution < 1.29 is 24.7 Å². The number of anilines is 1. The van der Waals surface area contributed by atoms with E-state index in [0.29, 0.717) is 0 Å². The van der Waals surface area contributed by atoms with Gasteiger partial charge >= 0.3 is 11.9 Å². The molecule has 23 heavy (non-hydrogen) atoms. The van der Waals surface area contributed by atoms with E-state index in [2.05, 4.69) is 0 Å². The number of nitro benzene ring substituents is 1. The van der Waals surface area contributed by atoms with Gasteiger partial charge in [0.25, 0.3) is 5.69 Å². The average molecular weight is 318 g/mol. The maximum atomic E-state index is 11.9. The van der Waals surface area contributed by atoms with Crippen LogP contribution < -0.4 is 5.73 Å². The van der Waals surface area contributed by atoms with Gasteiger partial charge in [0.2, 0.25) is 0 Å². The van der Waals surface area contributed by atoms with Crippen LogP contribution >= 0.6 is 0 Å². The first-order valence-corrected chi connectivity index (χ1v) is 6.62. The lowest BCUT2D eigenvalue weighted by molar-refractivity contribution is -0.384. The van der Waals surface area contributed by atoms with Gasteiger partial charge in [0.05, 0.1) is 4.92 Å². The highest BCUT2D eigenvalue weighted by Crippen LogP contribution is 2.42. The molecule has 0 fully saturated rings. The molecule has 8 heteroatoms. The lowest BCUT2D eigenvalue weighted by Crippen LogP contribution is -2.43. The Balaban J connectivity index is 2.70. The Morgan fingerprint density at radius 1 is 1.35 bits per heavy atom. The van der Waals surface area contributed by atoms with Crippen molar-refractivity contribution in [1.29, 1.82) is 0 Å². The summed E-state index contributed by atoms with van der Waals surface area (Å²) in [6, 6.07) is 3.69. The molecule has 0 spiro atoms. The van der Waals surface area contributed by atoms with E-state index in [1.807, 2.05) is 0 Å². The molecule has 0 aliphatic heterocycles. The lowest BCUT2D eigenvalue weighted by Gasteiger charge is -2.35. The molecule has 0 saturated heterocycles. The molecule has 0 amide bonds. The van der Waals surface area contributed by atoms with Crippen molar-refractivity contribution in [3.63, 3.8) is 0 Å². The Kier molecular flexibility index (Phi) is 3.92. The fraction of sp³-hybridized carbons (Fsp3) is 0.200. The average Bonchev–Trinajstić information content (AvgIpc) is 2.47. The minimum absolute atomic E-state index is 0.0885. The van der Waals surface area contributed by atoms with E-state index in [1.165, 1.54) is 37.3 Å². The minimum Gasteiger partial charge on any atom is -0.480 e. The van der Waals surface area contributed by atoms with Crippen molar-refractivity contribution >= 4 is 23.3 Å². The van der Waals surface area contributed by atoms with Crippen LogP contribution in [-0.2, 0) is 15.0 Å². The Morgan fingerprint density at radius 2 is 2.00 bits per heavy atom. The highest BCUT2D eigenvalue weighted by molar-refractivity contribution is 5.94. The molecular weight excluding hydrogens is 304 g/mol. The molecule has 1 aliphatic rings. The second kappa shape index (κ2) is 5.56. The number of hydrogen-bond donors (Lipinski definition) is 3. The number of carbonyl (C=O) groups is 2. The molecule has 1 aromatic carbocycles. The monoisotopic (exact) mass is 318 g/mol. The van der Waals surface area contributed by atoms with Crippen molar-refractivity contribution in [1.82, 2.24) is 0 Å². The summed E-state index contributed by atoms with van der Waals surface area (Å²) in [5, 5.41) is 30.0. The number of rotatable bonds is 4. The summed E-state index contributed by atoms with van der Waals surface area (Å²) in [6.07, 6.45) is 3.99. The van der Waals surface area contributed by atoms with Crippen molar-refractivity contribution in [3.05, 3.63) is 57.7 Å². The molecule has 1 aromatic rings. The third kappa shape index (κ3) is 2.44. The fourth-order valence-corrected chi connectivity index (χ4v) is 2.78. The van der Waals surface area contributed by atoms with Crippen molar-refractivity contribution in [2.24, 2.45) is 5.92 Å². The molecule has 0 heterocycles. The summed E-state index contributed by atoms with van der Waals surface area (Å²) in [7, 11) is 0. The number of aliphatic carboxylic acids is 2. The first-order chi connectivity index (χ1) is 10.7. The van der Waals surface area contributed by atoms with Crippen LogP contribution in [0.2, 0.25) is 0 Å². The van der Waals surface area contributed by atoms with Gasteiger partial charge in [-0.2, -0.15) is 0 Å². The zero-order valence-electron chi connectivity index (χ0n) is 12.1. The van der Waals surface area contributed by atoms with Crippen LogP contribution in [-0.4, -0.2) is 27.1 Å². The van der Waals surface area contributed by atoms with Gasteiger partial charge < -0.3 is 15.9 Å². The third-order valence-corrected chi connectivity index (χ3v) is 4.09. The fourth-order valence-electron chi connectivity index (χ4n) is 2.78. The second-order valence-electron chi connectivity index (χ2n) is 5.21. The highest BCUT2D eigenvalue weighted by Gasteiger charge is 2.48. The molecule has 1 aliphatic carbocycles. The molecule has 2 rings (SSSR count). The number of hydrogen-bond acceptors (Lipinski definition) is 5. The molecule has 8 nitrogen and oxygen atoms in total. The van der Waals surface area contributed by atoms with Crippen LogP contribution in [0.15, 0.2) is 42.0 Å². The number of carboxylic acid groups (broad SMARTS) is 2. The summed E-state index contributed by atoms with van der Waals surface area (Å²) in [5.41, 5.74) is 3.31. The van der Waals surface area contributed by atoms with Crippen molar-refractivity contribution in [2.75, 3.05) is 5.73 Å². The Morgan fingerprint density at radius 3 is 2.52 bits per heavy atom. The van der Waals surface area contributed by atoms with Gasteiger partial charge in [0.1, 0.15) is 11.1 Å². The zero-order chi connectivity index (χ0) is 17.4. The van der Waals surface area contributed by atoms with Crippen molar-refractivity contribution in [2.45, 2.75) is 12.3 Å². The number of nitrogens with zero attached hydrogens (tertiary/aromatic N) is 1. The van der Waals surface area contributed by atoms with Gasteiger partial charge in [0.15, 0.2) is 0 Å². The lowest BCUT2D eigenvalue weighted by atomic mass is 9.66. The predicted octanol–water partition coefficient (Wildman–Crippen LogP) is 1.72. The Bertz CT molecular complexity index is 767. The predicted molar refractivity (Wildman–Crippen MR) is 80.8 cm³/mol. The SMILES string of the molecule is CC1C(C(=O)O)=CC=CC1(C(=O)O)c1ccc(N)c([N+](=O)[O-])c1. The quantitative estimate of drug-likeness (QED) is 0.435. The van der Waals surface area contributed by atoms with E-state index >= 15 is 0 Å². The summed E-state index contributed by atoms with van der Waals surface area (Å²) in [5.74, 6) is -3.46. The number of allylic oxidation sites excluding steroid dienone is 2. The molecule has 2 unspecified atom stereocenters. The topological polar surface area (TPSA) is 144 Å². The normalized spacial score (nSPS) is 23.2. The van der Waals surface area contributed by atoms with E-state index in [-0.39, 0.29) is 16.8 Å². The van der Waals surface area contributed by atoms with Gasteiger partial charge in [-0.3, -0.25) is 14.9 Å². The highest BCUT2D eigenvalue weighted by atomic mass is 16.6. The number of nitrogen functional groups attached to an aromatic ring is 1. The molecule has 4 N–H and O–H groups in total. The van der Waals surface area contributed by atoms with E-state index in [4.69, 9.17) is 5.73 Å². The van der Waals surface area contributed by atoms with Crippen LogP contribution in [0.5, 0.6) is 0 Å². The summed E-state index contributed by atoms with van der Waals surface area (Å²) < 4.78 is 0. The van der Waals surface area contributed by atoms with E-state index in [9.17, 15) is 29.9 Å². The molecule has 120 valence electrons. The smallest absolute Gasteiger partial charge is 0.331 e. The van der Waals surface area contributed by atoms with E-state index in [1.54, 1.807) is 0 Å². The standard InChI is InChI=1S/C15H14N2O6/c1-8-10(13(18)19)3-2-6-15(8,14(20)21)9-4-5-11(16)12(7-9)17(22)23/h2-8H,16H2,1H3,(H,18,19)(H,20,21). The first kappa shape index (κ1) is 16.2. The van der Waals surface area contributed by atoms with E-state index in [0.717, 1.165) is 6.07 Å². The van der Waals surface area contributed by atoms with Crippen LogP contribution in [0.3, 0.4) is 0 Å². The van der Waals surface area contributed by atoms with Gasteiger partial charge in [-0.1, -0.05) is 31.2 Å². The maximum absolute atomic E-state index is 11.9. The number of nitro groups is 1. The molecule has 0 radical (unpaired) electrons.